The predicted molar refractivity (Wildman–Crippen MR) is 95.2 cm³/mol. The summed E-state index contributed by atoms with van der Waals surface area (Å²) in [5, 5.41) is 1.51. The van der Waals surface area contributed by atoms with Crippen LogP contribution in [0.15, 0.2) is 41.3 Å². The van der Waals surface area contributed by atoms with E-state index in [2.05, 4.69) is 6.92 Å². The fourth-order valence-electron chi connectivity index (χ4n) is 3.41. The van der Waals surface area contributed by atoms with Gasteiger partial charge in [-0.3, -0.25) is 0 Å². The van der Waals surface area contributed by atoms with Gasteiger partial charge in [-0.1, -0.05) is 37.6 Å². The molecule has 1 heterocycles. The Kier molecular flexibility index (Phi) is 5.00. The minimum atomic E-state index is -4.14. The molecule has 2 aromatic carbocycles. The molecule has 0 atom stereocenters. The number of halogens is 3. The van der Waals surface area contributed by atoms with E-state index in [4.69, 9.17) is 4.74 Å². The maximum absolute atomic E-state index is 14.0. The van der Waals surface area contributed by atoms with Crippen molar-refractivity contribution < 1.29 is 17.9 Å². The molecule has 0 unspecified atom stereocenters. The van der Waals surface area contributed by atoms with Gasteiger partial charge in [0.15, 0.2) is 0 Å². The SMILES string of the molecule is CCCCOc1ccc(S2(C(F)(F)F)CCCC2)c2ccccc12. The Morgan fingerprint density at radius 3 is 2.29 bits per heavy atom. The van der Waals surface area contributed by atoms with Gasteiger partial charge in [0.1, 0.15) is 5.75 Å². The van der Waals surface area contributed by atoms with Gasteiger partial charge in [0, 0.05) is 10.3 Å². The van der Waals surface area contributed by atoms with E-state index in [-0.39, 0.29) is 11.5 Å². The van der Waals surface area contributed by atoms with E-state index in [0.29, 0.717) is 35.5 Å². The fraction of sp³-hybridized carbons (Fsp3) is 0.474. The third-order valence-corrected chi connectivity index (χ3v) is 8.75. The van der Waals surface area contributed by atoms with Gasteiger partial charge in [-0.2, -0.15) is 13.2 Å². The van der Waals surface area contributed by atoms with Crippen molar-refractivity contribution >= 4 is 20.8 Å². The molecule has 0 amide bonds. The van der Waals surface area contributed by atoms with Gasteiger partial charge in [0.25, 0.3) is 0 Å². The van der Waals surface area contributed by atoms with E-state index in [9.17, 15) is 13.2 Å². The van der Waals surface area contributed by atoms with Crippen LogP contribution in [0.5, 0.6) is 5.75 Å². The monoisotopic (exact) mass is 356 g/mol. The molecule has 0 aliphatic carbocycles. The lowest BCUT2D eigenvalue weighted by molar-refractivity contribution is -0.0380. The standard InChI is InChI=1S/C19H23F3OS/c1-2-3-12-23-17-10-11-18(16-9-5-4-8-15(16)17)24(19(20,21)22)13-6-7-14-24/h4-5,8-11H,2-3,6-7,12-14H2,1H3. The highest BCUT2D eigenvalue weighted by molar-refractivity contribution is 8.34. The zero-order chi connectivity index (χ0) is 17.2. The lowest BCUT2D eigenvalue weighted by Gasteiger charge is -2.38. The maximum atomic E-state index is 14.0. The number of hydrogen-bond acceptors (Lipinski definition) is 1. The molecule has 24 heavy (non-hydrogen) atoms. The molecule has 1 aliphatic heterocycles. The van der Waals surface area contributed by atoms with E-state index in [1.54, 1.807) is 12.1 Å². The number of unbranched alkanes of at least 4 members (excludes halogenated alkanes) is 1. The Morgan fingerprint density at radius 1 is 1.00 bits per heavy atom. The van der Waals surface area contributed by atoms with Crippen LogP contribution in [-0.2, 0) is 0 Å². The van der Waals surface area contributed by atoms with E-state index in [1.807, 2.05) is 24.3 Å². The lowest BCUT2D eigenvalue weighted by Crippen LogP contribution is -2.22. The highest BCUT2D eigenvalue weighted by Crippen LogP contribution is 2.72. The van der Waals surface area contributed by atoms with Gasteiger partial charge >= 0.3 is 5.51 Å². The first-order chi connectivity index (χ1) is 11.5. The van der Waals surface area contributed by atoms with Gasteiger partial charge in [-0.25, -0.2) is 0 Å². The molecule has 1 saturated heterocycles. The molecule has 1 fully saturated rings. The number of hydrogen-bond donors (Lipinski definition) is 0. The molecular formula is C19H23F3OS. The highest BCUT2D eigenvalue weighted by atomic mass is 32.3. The predicted octanol–water partition coefficient (Wildman–Crippen LogP) is 6.50. The molecule has 0 radical (unpaired) electrons. The van der Waals surface area contributed by atoms with Crippen LogP contribution >= 0.6 is 10.0 Å². The van der Waals surface area contributed by atoms with Crippen LogP contribution in [0.25, 0.3) is 10.8 Å². The Labute approximate surface area is 142 Å². The third-order valence-electron chi connectivity index (χ3n) is 4.70. The molecule has 3 rings (SSSR count). The Morgan fingerprint density at radius 2 is 1.67 bits per heavy atom. The molecule has 5 heteroatoms. The van der Waals surface area contributed by atoms with Crippen LogP contribution in [0, 0.1) is 0 Å². The van der Waals surface area contributed by atoms with Crippen molar-refractivity contribution in [3.63, 3.8) is 0 Å². The van der Waals surface area contributed by atoms with Gasteiger partial charge in [0.05, 0.1) is 6.61 Å². The van der Waals surface area contributed by atoms with Gasteiger partial charge in [-0.05, 0) is 48.3 Å². The van der Waals surface area contributed by atoms with Crippen LogP contribution in [0.1, 0.15) is 32.6 Å². The first-order valence-corrected chi connectivity index (χ1v) is 10.5. The molecule has 0 saturated carbocycles. The summed E-state index contributed by atoms with van der Waals surface area (Å²) in [6, 6.07) is 10.8. The first kappa shape index (κ1) is 17.5. The molecular weight excluding hydrogens is 333 g/mol. The van der Waals surface area contributed by atoms with Crippen molar-refractivity contribution in [2.45, 2.75) is 43.0 Å². The van der Waals surface area contributed by atoms with E-state index >= 15 is 0 Å². The van der Waals surface area contributed by atoms with Crippen LogP contribution in [0.3, 0.4) is 0 Å². The fourth-order valence-corrected chi connectivity index (χ4v) is 7.09. The molecule has 132 valence electrons. The second kappa shape index (κ2) is 6.87. The van der Waals surface area contributed by atoms with Crippen LogP contribution in [0.4, 0.5) is 13.2 Å². The summed E-state index contributed by atoms with van der Waals surface area (Å²) in [5.74, 6) is 1.21. The van der Waals surface area contributed by atoms with Crippen molar-refractivity contribution in [1.82, 2.24) is 0 Å². The summed E-state index contributed by atoms with van der Waals surface area (Å²) in [5.41, 5.74) is -4.14. The number of alkyl halides is 3. The topological polar surface area (TPSA) is 9.23 Å². The maximum Gasteiger partial charge on any atom is 0.429 e. The van der Waals surface area contributed by atoms with Crippen molar-refractivity contribution in [2.75, 3.05) is 18.1 Å². The third kappa shape index (κ3) is 2.99. The van der Waals surface area contributed by atoms with Gasteiger partial charge < -0.3 is 4.74 Å². The zero-order valence-electron chi connectivity index (χ0n) is 13.9. The van der Waals surface area contributed by atoms with E-state index < -0.39 is 15.5 Å². The van der Waals surface area contributed by atoms with Crippen LogP contribution in [0.2, 0.25) is 0 Å². The summed E-state index contributed by atoms with van der Waals surface area (Å²) in [6.07, 6.45) is 3.29. The lowest BCUT2D eigenvalue weighted by atomic mass is 10.1. The number of rotatable bonds is 5. The molecule has 0 spiro atoms. The Bertz CT molecular complexity index is 705. The summed E-state index contributed by atoms with van der Waals surface area (Å²) in [4.78, 5) is 0.492. The average molecular weight is 356 g/mol. The van der Waals surface area contributed by atoms with Crippen molar-refractivity contribution in [3.05, 3.63) is 36.4 Å². The number of fused-ring (bicyclic) bond motifs is 1. The van der Waals surface area contributed by atoms with Gasteiger partial charge in [0.2, 0.25) is 0 Å². The zero-order valence-corrected chi connectivity index (χ0v) is 14.7. The van der Waals surface area contributed by atoms with Crippen LogP contribution < -0.4 is 4.74 Å². The van der Waals surface area contributed by atoms with Gasteiger partial charge in [-0.15, -0.1) is 10.0 Å². The highest BCUT2D eigenvalue weighted by Gasteiger charge is 2.53. The van der Waals surface area contributed by atoms with Crippen molar-refractivity contribution in [1.29, 1.82) is 0 Å². The second-order valence-electron chi connectivity index (χ2n) is 6.25. The number of benzene rings is 2. The largest absolute Gasteiger partial charge is 0.493 e. The Hall–Kier alpha value is -1.36. The second-order valence-corrected chi connectivity index (χ2v) is 9.74. The summed E-state index contributed by atoms with van der Waals surface area (Å²) in [7, 11) is -2.78. The molecule has 0 aromatic heterocycles. The summed E-state index contributed by atoms with van der Waals surface area (Å²) >= 11 is 0. The Balaban J connectivity index is 2.11. The van der Waals surface area contributed by atoms with E-state index in [0.717, 1.165) is 18.2 Å². The number of ether oxygens (including phenoxy) is 1. The van der Waals surface area contributed by atoms with Crippen molar-refractivity contribution in [3.8, 4) is 5.75 Å². The van der Waals surface area contributed by atoms with E-state index in [1.165, 1.54) is 0 Å². The summed E-state index contributed by atoms with van der Waals surface area (Å²) < 4.78 is 47.8. The molecule has 0 N–H and O–H groups in total. The minimum Gasteiger partial charge on any atom is -0.493 e. The quantitative estimate of drug-likeness (QED) is 0.556. The normalized spacial score (nSPS) is 18.7. The molecule has 0 bridgehead atoms. The van der Waals surface area contributed by atoms with Crippen LogP contribution in [-0.4, -0.2) is 23.6 Å². The molecule has 2 aromatic rings. The molecule has 1 aliphatic rings. The van der Waals surface area contributed by atoms with Crippen molar-refractivity contribution in [2.24, 2.45) is 0 Å². The smallest absolute Gasteiger partial charge is 0.429 e. The first-order valence-electron chi connectivity index (χ1n) is 8.49. The average Bonchev–Trinajstić information content (AvgIpc) is 3.06. The molecule has 1 nitrogen and oxygen atoms in total. The minimum absolute atomic E-state index is 0.260. The summed E-state index contributed by atoms with van der Waals surface area (Å²) in [6.45, 7) is 2.68.